The molecule has 0 aliphatic carbocycles. The van der Waals surface area contributed by atoms with Crippen LogP contribution >= 0.6 is 0 Å². The van der Waals surface area contributed by atoms with Gasteiger partial charge >= 0.3 is 0 Å². The van der Waals surface area contributed by atoms with E-state index in [-0.39, 0.29) is 17.6 Å². The monoisotopic (exact) mass is 364 g/mol. The number of carbonyl (C=O) groups is 2. The van der Waals surface area contributed by atoms with Crippen molar-refractivity contribution in [3.8, 4) is 5.75 Å². The minimum atomic E-state index is -0.392. The van der Waals surface area contributed by atoms with Gasteiger partial charge in [-0.1, -0.05) is 26.0 Å². The van der Waals surface area contributed by atoms with Gasteiger partial charge in [0.2, 0.25) is 11.8 Å². The molecule has 1 aliphatic rings. The van der Waals surface area contributed by atoms with Crippen LogP contribution < -0.4 is 4.74 Å². The molecule has 144 valence electrons. The molecule has 2 rings (SSSR count). The SMILES string of the molecule is CC(C)CCC(=O)N1CCN(C(=O)CCCOc2ccccc2F)CC1. The van der Waals surface area contributed by atoms with Crippen LogP contribution in [-0.2, 0) is 9.59 Å². The standard InChI is InChI=1S/C20H29FN2O3/c1-16(2)9-10-20(25)23-13-11-22(12-14-23)19(24)8-5-15-26-18-7-4-3-6-17(18)21/h3-4,6-7,16H,5,8-15H2,1-2H3. The summed E-state index contributed by atoms with van der Waals surface area (Å²) >= 11 is 0. The van der Waals surface area contributed by atoms with Gasteiger partial charge in [0, 0.05) is 39.0 Å². The number of halogens is 1. The molecule has 5 nitrogen and oxygen atoms in total. The van der Waals surface area contributed by atoms with Crippen molar-refractivity contribution in [1.29, 1.82) is 0 Å². The summed E-state index contributed by atoms with van der Waals surface area (Å²) in [6.45, 7) is 6.91. The molecule has 6 heteroatoms. The van der Waals surface area contributed by atoms with E-state index in [1.165, 1.54) is 6.07 Å². The quantitative estimate of drug-likeness (QED) is 0.666. The summed E-state index contributed by atoms with van der Waals surface area (Å²) < 4.78 is 18.8. The molecule has 0 N–H and O–H groups in total. The molecule has 0 aromatic heterocycles. The van der Waals surface area contributed by atoms with Crippen LogP contribution in [0.15, 0.2) is 24.3 Å². The van der Waals surface area contributed by atoms with Gasteiger partial charge in [0.25, 0.3) is 0 Å². The van der Waals surface area contributed by atoms with E-state index in [9.17, 15) is 14.0 Å². The van der Waals surface area contributed by atoms with Gasteiger partial charge in [-0.05, 0) is 30.9 Å². The first-order valence-electron chi connectivity index (χ1n) is 9.40. The lowest BCUT2D eigenvalue weighted by atomic mass is 10.1. The molecule has 0 radical (unpaired) electrons. The molecule has 0 saturated carbocycles. The maximum absolute atomic E-state index is 13.4. The van der Waals surface area contributed by atoms with Crippen molar-refractivity contribution < 1.29 is 18.7 Å². The van der Waals surface area contributed by atoms with Crippen LogP contribution in [0.3, 0.4) is 0 Å². The molecule has 2 amide bonds. The van der Waals surface area contributed by atoms with Crippen LogP contribution in [0.5, 0.6) is 5.75 Å². The smallest absolute Gasteiger partial charge is 0.222 e. The Labute approximate surface area is 155 Å². The van der Waals surface area contributed by atoms with E-state index < -0.39 is 5.82 Å². The molecule has 26 heavy (non-hydrogen) atoms. The largest absolute Gasteiger partial charge is 0.491 e. The second-order valence-electron chi connectivity index (χ2n) is 7.08. The second kappa shape index (κ2) is 10.1. The van der Waals surface area contributed by atoms with E-state index in [1.54, 1.807) is 23.1 Å². The Morgan fingerprint density at radius 3 is 2.19 bits per heavy atom. The summed E-state index contributed by atoms with van der Waals surface area (Å²) in [7, 11) is 0. The Bertz CT molecular complexity index is 598. The van der Waals surface area contributed by atoms with E-state index in [0.29, 0.717) is 58.0 Å². The molecular weight excluding hydrogens is 335 g/mol. The van der Waals surface area contributed by atoms with Crippen molar-refractivity contribution in [3.05, 3.63) is 30.1 Å². The number of hydrogen-bond donors (Lipinski definition) is 0. The predicted molar refractivity (Wildman–Crippen MR) is 98.4 cm³/mol. The number of para-hydroxylation sites is 1. The third kappa shape index (κ3) is 6.32. The van der Waals surface area contributed by atoms with E-state index in [0.717, 1.165) is 6.42 Å². The summed E-state index contributed by atoms with van der Waals surface area (Å²) in [5, 5.41) is 0. The second-order valence-corrected chi connectivity index (χ2v) is 7.08. The minimum Gasteiger partial charge on any atom is -0.491 e. The molecule has 1 saturated heterocycles. The molecule has 0 bridgehead atoms. The molecule has 1 aromatic carbocycles. The zero-order chi connectivity index (χ0) is 18.9. The van der Waals surface area contributed by atoms with E-state index in [1.807, 2.05) is 4.90 Å². The molecule has 0 spiro atoms. The highest BCUT2D eigenvalue weighted by atomic mass is 19.1. The van der Waals surface area contributed by atoms with Gasteiger partial charge in [0.1, 0.15) is 0 Å². The van der Waals surface area contributed by atoms with Crippen LogP contribution in [-0.4, -0.2) is 54.4 Å². The Hall–Kier alpha value is -2.11. The zero-order valence-electron chi connectivity index (χ0n) is 15.7. The lowest BCUT2D eigenvalue weighted by molar-refractivity contribution is -0.139. The highest BCUT2D eigenvalue weighted by molar-refractivity contribution is 5.78. The van der Waals surface area contributed by atoms with Gasteiger partial charge in [-0.3, -0.25) is 9.59 Å². The van der Waals surface area contributed by atoms with Gasteiger partial charge in [-0.2, -0.15) is 0 Å². The van der Waals surface area contributed by atoms with Crippen molar-refractivity contribution in [2.24, 2.45) is 5.92 Å². The van der Waals surface area contributed by atoms with E-state index in [4.69, 9.17) is 4.74 Å². The molecule has 1 fully saturated rings. The van der Waals surface area contributed by atoms with Crippen molar-refractivity contribution in [2.75, 3.05) is 32.8 Å². The molecule has 0 atom stereocenters. The molecule has 0 unspecified atom stereocenters. The number of nitrogens with zero attached hydrogens (tertiary/aromatic N) is 2. The number of hydrogen-bond acceptors (Lipinski definition) is 3. The topological polar surface area (TPSA) is 49.9 Å². The fourth-order valence-corrected chi connectivity index (χ4v) is 2.90. The highest BCUT2D eigenvalue weighted by Gasteiger charge is 2.23. The molecule has 1 heterocycles. The summed E-state index contributed by atoms with van der Waals surface area (Å²) in [6, 6.07) is 6.25. The number of rotatable bonds is 8. The summed E-state index contributed by atoms with van der Waals surface area (Å²) in [5.74, 6) is 0.597. The van der Waals surface area contributed by atoms with Gasteiger partial charge in [-0.15, -0.1) is 0 Å². The van der Waals surface area contributed by atoms with E-state index in [2.05, 4.69) is 13.8 Å². The van der Waals surface area contributed by atoms with Crippen molar-refractivity contribution in [2.45, 2.75) is 39.5 Å². The maximum Gasteiger partial charge on any atom is 0.222 e. The van der Waals surface area contributed by atoms with E-state index >= 15 is 0 Å². The lowest BCUT2D eigenvalue weighted by Crippen LogP contribution is -2.50. The van der Waals surface area contributed by atoms with Crippen LogP contribution in [0, 0.1) is 11.7 Å². The van der Waals surface area contributed by atoms with Crippen molar-refractivity contribution in [3.63, 3.8) is 0 Å². The number of carbonyl (C=O) groups excluding carboxylic acids is 2. The number of benzene rings is 1. The first-order valence-corrected chi connectivity index (χ1v) is 9.40. The summed E-state index contributed by atoms with van der Waals surface area (Å²) in [4.78, 5) is 28.0. The Morgan fingerprint density at radius 1 is 1.04 bits per heavy atom. The van der Waals surface area contributed by atoms with Gasteiger partial charge in [0.15, 0.2) is 11.6 Å². The van der Waals surface area contributed by atoms with Crippen LogP contribution in [0.25, 0.3) is 0 Å². The fraction of sp³-hybridized carbons (Fsp3) is 0.600. The Balaban J connectivity index is 1.64. The Kier molecular flexibility index (Phi) is 7.88. The number of ether oxygens (including phenoxy) is 1. The highest BCUT2D eigenvalue weighted by Crippen LogP contribution is 2.16. The first kappa shape index (κ1) is 20.2. The van der Waals surface area contributed by atoms with Crippen molar-refractivity contribution in [1.82, 2.24) is 9.80 Å². The molecule has 1 aromatic rings. The average molecular weight is 364 g/mol. The summed E-state index contributed by atoms with van der Waals surface area (Å²) in [6.07, 6.45) is 2.40. The predicted octanol–water partition coefficient (Wildman–Crippen LogP) is 3.09. The van der Waals surface area contributed by atoms with Crippen molar-refractivity contribution >= 4 is 11.8 Å². The summed E-state index contributed by atoms with van der Waals surface area (Å²) in [5.41, 5.74) is 0. The maximum atomic E-state index is 13.4. The number of piperazine rings is 1. The molecular formula is C20H29FN2O3. The Morgan fingerprint density at radius 2 is 1.62 bits per heavy atom. The van der Waals surface area contributed by atoms with Crippen LogP contribution in [0.2, 0.25) is 0 Å². The normalized spacial score (nSPS) is 14.6. The van der Waals surface area contributed by atoms with Crippen LogP contribution in [0.4, 0.5) is 4.39 Å². The average Bonchev–Trinajstić information content (AvgIpc) is 2.64. The third-order valence-electron chi connectivity index (χ3n) is 4.55. The zero-order valence-corrected chi connectivity index (χ0v) is 15.7. The third-order valence-corrected chi connectivity index (χ3v) is 4.55. The molecule has 1 aliphatic heterocycles. The van der Waals surface area contributed by atoms with Crippen LogP contribution in [0.1, 0.15) is 39.5 Å². The fourth-order valence-electron chi connectivity index (χ4n) is 2.90. The van der Waals surface area contributed by atoms with Gasteiger partial charge in [0.05, 0.1) is 6.61 Å². The van der Waals surface area contributed by atoms with Gasteiger partial charge < -0.3 is 14.5 Å². The number of amides is 2. The minimum absolute atomic E-state index is 0.0661. The van der Waals surface area contributed by atoms with Gasteiger partial charge in [-0.25, -0.2) is 4.39 Å². The first-order chi connectivity index (χ1) is 12.5. The lowest BCUT2D eigenvalue weighted by Gasteiger charge is -2.35.